The fourth-order valence-electron chi connectivity index (χ4n) is 7.14. The van der Waals surface area contributed by atoms with Crippen LogP contribution in [0, 0.1) is 0 Å². The van der Waals surface area contributed by atoms with Crippen molar-refractivity contribution in [3.63, 3.8) is 0 Å². The van der Waals surface area contributed by atoms with Gasteiger partial charge in [0, 0.05) is 52.5 Å². The molecule has 2 aromatic rings. The van der Waals surface area contributed by atoms with Crippen molar-refractivity contribution in [1.82, 2.24) is 0 Å². The van der Waals surface area contributed by atoms with E-state index in [-0.39, 0.29) is 22.3 Å². The largest absolute Gasteiger partial charge is 0.344 e. The van der Waals surface area contributed by atoms with Crippen LogP contribution in [0.3, 0.4) is 0 Å². The number of benzene rings is 2. The van der Waals surface area contributed by atoms with Crippen molar-refractivity contribution in [2.75, 3.05) is 29.5 Å². The van der Waals surface area contributed by atoms with E-state index in [1.807, 2.05) is 36.4 Å². The van der Waals surface area contributed by atoms with Crippen LogP contribution >= 0.6 is 11.6 Å². The second-order valence-electron chi connectivity index (χ2n) is 13.5. The van der Waals surface area contributed by atoms with E-state index in [0.717, 1.165) is 64.3 Å². The molecular weight excluding hydrogens is 656 g/mol. The zero-order chi connectivity index (χ0) is 34.2. The Morgan fingerprint density at radius 1 is 0.830 bits per heavy atom. The molecule has 3 aliphatic rings. The molecule has 1 aliphatic carbocycles. The predicted octanol–water partition coefficient (Wildman–Crippen LogP) is 7.46. The van der Waals surface area contributed by atoms with E-state index in [9.17, 15) is 25.9 Å². The first-order valence-corrected chi connectivity index (χ1v) is 19.6. The summed E-state index contributed by atoms with van der Waals surface area (Å²) in [5.74, 6) is -0.604. The van der Waals surface area contributed by atoms with Gasteiger partial charge in [0.2, 0.25) is 5.69 Å². The minimum atomic E-state index is -4.06. The first-order chi connectivity index (χ1) is 22.0. The van der Waals surface area contributed by atoms with Crippen molar-refractivity contribution >= 4 is 48.9 Å². The van der Waals surface area contributed by atoms with Gasteiger partial charge in [-0.1, -0.05) is 74.0 Å². The molecule has 0 radical (unpaired) electrons. The van der Waals surface area contributed by atoms with Gasteiger partial charge in [-0.25, -0.2) is 0 Å². The van der Waals surface area contributed by atoms with Crippen LogP contribution in [0.25, 0.3) is 0 Å². The first kappa shape index (κ1) is 35.3. The van der Waals surface area contributed by atoms with E-state index < -0.39 is 20.2 Å². The molecule has 2 N–H and O–H groups in total. The molecule has 252 valence electrons. The molecule has 0 fully saturated rings. The monoisotopic (exact) mass is 699 g/mol. The molecule has 47 heavy (non-hydrogen) atoms. The highest BCUT2D eigenvalue weighted by Crippen LogP contribution is 2.48. The van der Waals surface area contributed by atoms with Gasteiger partial charge in [-0.05, 0) is 68.4 Å². The Bertz CT molecular complexity index is 1940. The van der Waals surface area contributed by atoms with Crippen LogP contribution < -0.4 is 4.90 Å². The van der Waals surface area contributed by atoms with Crippen molar-refractivity contribution in [3.8, 4) is 0 Å². The van der Waals surface area contributed by atoms with Gasteiger partial charge in [0.15, 0.2) is 5.71 Å². The van der Waals surface area contributed by atoms with E-state index in [1.165, 1.54) is 0 Å². The molecule has 0 amide bonds. The summed E-state index contributed by atoms with van der Waals surface area (Å²) < 4.78 is 66.6. The van der Waals surface area contributed by atoms with E-state index in [4.69, 9.17) is 11.6 Å². The van der Waals surface area contributed by atoms with E-state index in [0.29, 0.717) is 31.0 Å². The lowest BCUT2D eigenvalue weighted by Crippen LogP contribution is -2.28. The third-order valence-corrected chi connectivity index (χ3v) is 11.6. The van der Waals surface area contributed by atoms with E-state index >= 15 is 0 Å². The highest BCUT2D eigenvalue weighted by Gasteiger charge is 2.44. The predicted molar refractivity (Wildman–Crippen MR) is 190 cm³/mol. The summed E-state index contributed by atoms with van der Waals surface area (Å²) in [6.07, 6.45) is 11.5. The molecule has 0 bridgehead atoms. The molecule has 0 spiro atoms. The van der Waals surface area contributed by atoms with Crippen LogP contribution in [0.2, 0.25) is 0 Å². The van der Waals surface area contributed by atoms with Gasteiger partial charge < -0.3 is 4.90 Å². The van der Waals surface area contributed by atoms with Gasteiger partial charge in [-0.2, -0.15) is 21.4 Å². The molecular formula is C36H44ClN2O6S2+. The fraction of sp³-hybridized carbons (Fsp3) is 0.417. The quantitative estimate of drug-likeness (QED) is 0.185. The van der Waals surface area contributed by atoms with Gasteiger partial charge in [0.05, 0.1) is 16.9 Å². The fourth-order valence-corrected chi connectivity index (χ4v) is 8.44. The van der Waals surface area contributed by atoms with Gasteiger partial charge in [0.1, 0.15) is 6.54 Å². The Hall–Kier alpha value is -3.02. The maximum Gasteiger partial charge on any atom is 0.265 e. The Balaban J connectivity index is 1.47. The van der Waals surface area contributed by atoms with Gasteiger partial charge in [-0.15, -0.1) is 0 Å². The number of nitrogens with zero attached hydrogens (tertiary/aromatic N) is 2. The van der Waals surface area contributed by atoms with Crippen molar-refractivity contribution in [1.29, 1.82) is 0 Å². The topological polar surface area (TPSA) is 115 Å². The second-order valence-corrected chi connectivity index (χ2v) is 17.0. The average molecular weight is 700 g/mol. The minimum Gasteiger partial charge on any atom is -0.344 e. The summed E-state index contributed by atoms with van der Waals surface area (Å²) in [4.78, 5) is 2.14. The van der Waals surface area contributed by atoms with Crippen LogP contribution in [0.1, 0.15) is 70.9 Å². The number of hydrogen-bond donors (Lipinski definition) is 2. The maximum absolute atomic E-state index is 11.4. The summed E-state index contributed by atoms with van der Waals surface area (Å²) in [7, 11) is -8.12. The Morgan fingerprint density at radius 2 is 1.47 bits per heavy atom. The van der Waals surface area contributed by atoms with Gasteiger partial charge in [0.25, 0.3) is 20.2 Å². The van der Waals surface area contributed by atoms with E-state index in [2.05, 4.69) is 73.6 Å². The summed E-state index contributed by atoms with van der Waals surface area (Å²) in [6, 6.07) is 16.3. The molecule has 8 nitrogen and oxygen atoms in total. The van der Waals surface area contributed by atoms with Crippen LogP contribution in [-0.4, -0.2) is 60.8 Å². The molecule has 0 saturated carbocycles. The SMILES string of the molecule is CC1(C)C(/C=C/C2=C(Cl)C(=C/C=C3/N(CCCS(=O)(=O)O)c4ccccc4C3(C)C)/CCC2)=[N+](CCCS(=O)(=O)O)c2ccccc21. The normalized spacial score (nSPS) is 21.0. The summed E-state index contributed by atoms with van der Waals surface area (Å²) in [5, 5.41) is 0.711. The first-order valence-electron chi connectivity index (χ1n) is 16.0. The lowest BCUT2D eigenvalue weighted by atomic mass is 9.81. The standard InChI is InChI=1S/C36H43ClN2O6S2/c1-35(2)28-14-5-7-16-30(28)38(22-10-24-46(40,41)42)32(35)20-18-26-12-9-13-27(34(26)37)19-21-33-36(3,4)29-15-6-8-17-31(29)39(33)23-11-25-47(43,44)45/h5-8,14-21H,9-13,22-25H2,1-4H3,(H-,40,41,42,43,44,45)/p+1. The Morgan fingerprint density at radius 3 is 2.17 bits per heavy atom. The van der Waals surface area contributed by atoms with Crippen molar-refractivity contribution < 1.29 is 30.5 Å². The number of para-hydroxylation sites is 2. The molecule has 0 saturated heterocycles. The third-order valence-electron chi connectivity index (χ3n) is 9.51. The number of rotatable bonds is 11. The summed E-state index contributed by atoms with van der Waals surface area (Å²) >= 11 is 7.09. The lowest BCUT2D eigenvalue weighted by molar-refractivity contribution is -0.437. The maximum atomic E-state index is 11.4. The minimum absolute atomic E-state index is 0.290. The molecule has 0 aromatic heterocycles. The van der Waals surface area contributed by atoms with Crippen LogP contribution in [0.15, 0.2) is 94.7 Å². The molecule has 2 aliphatic heterocycles. The average Bonchev–Trinajstić information content (AvgIpc) is 3.33. The van der Waals surface area contributed by atoms with Crippen LogP contribution in [-0.2, 0) is 31.1 Å². The van der Waals surface area contributed by atoms with Crippen molar-refractivity contribution in [2.45, 2.75) is 70.6 Å². The van der Waals surface area contributed by atoms with E-state index in [1.54, 1.807) is 0 Å². The number of anilines is 1. The highest BCUT2D eigenvalue weighted by atomic mass is 35.5. The highest BCUT2D eigenvalue weighted by molar-refractivity contribution is 7.86. The second kappa shape index (κ2) is 13.5. The van der Waals surface area contributed by atoms with Crippen LogP contribution in [0.5, 0.6) is 0 Å². The zero-order valence-corrected chi connectivity index (χ0v) is 29.8. The molecule has 2 heterocycles. The van der Waals surface area contributed by atoms with Gasteiger partial charge in [-0.3, -0.25) is 9.11 Å². The van der Waals surface area contributed by atoms with Crippen LogP contribution in [0.4, 0.5) is 11.4 Å². The molecule has 5 rings (SSSR count). The van der Waals surface area contributed by atoms with Gasteiger partial charge >= 0.3 is 0 Å². The summed E-state index contributed by atoms with van der Waals surface area (Å²) in [5.41, 5.74) is 7.86. The smallest absolute Gasteiger partial charge is 0.265 e. The molecule has 0 unspecified atom stereocenters. The number of hydrogen-bond acceptors (Lipinski definition) is 5. The number of fused-ring (bicyclic) bond motifs is 2. The van der Waals surface area contributed by atoms with Crippen molar-refractivity contribution in [3.05, 3.63) is 106 Å². The number of allylic oxidation sites excluding steroid dienone is 8. The molecule has 0 atom stereocenters. The lowest BCUT2D eigenvalue weighted by Gasteiger charge is -2.27. The Labute approximate surface area is 284 Å². The third kappa shape index (κ3) is 7.67. The molecule has 2 aromatic carbocycles. The Kier molecular flexibility index (Phi) is 10.1. The number of halogens is 1. The molecule has 11 heteroatoms. The summed E-state index contributed by atoms with van der Waals surface area (Å²) in [6.45, 7) is 9.53. The van der Waals surface area contributed by atoms with Crippen molar-refractivity contribution in [2.24, 2.45) is 0 Å². The zero-order valence-electron chi connectivity index (χ0n) is 27.4.